The molecular formula is C21H23FN2O3S. The van der Waals surface area contributed by atoms with Crippen molar-refractivity contribution in [2.45, 2.75) is 30.3 Å². The molecule has 0 fully saturated rings. The van der Waals surface area contributed by atoms with Gasteiger partial charge in [-0.3, -0.25) is 0 Å². The highest BCUT2D eigenvalue weighted by Gasteiger charge is 2.27. The fraction of sp³-hybridized carbons (Fsp3) is 0.381. The van der Waals surface area contributed by atoms with Crippen molar-refractivity contribution in [3.8, 4) is 11.5 Å². The summed E-state index contributed by atoms with van der Waals surface area (Å²) in [5, 5.41) is 3.11. The van der Waals surface area contributed by atoms with Gasteiger partial charge < -0.3 is 19.7 Å². The lowest BCUT2D eigenvalue weighted by atomic mass is 9.99. The summed E-state index contributed by atoms with van der Waals surface area (Å²) in [6, 6.07) is 8.45. The predicted octanol–water partition coefficient (Wildman–Crippen LogP) is 4.15. The number of carbonyl (C=O) groups excluding carboxylic acids is 1. The van der Waals surface area contributed by atoms with Crippen LogP contribution in [0.1, 0.15) is 29.2 Å². The molecule has 2 amide bonds. The second kappa shape index (κ2) is 7.91. The lowest BCUT2D eigenvalue weighted by molar-refractivity contribution is 0.187. The number of fused-ring (bicyclic) bond motifs is 2. The van der Waals surface area contributed by atoms with Crippen LogP contribution in [-0.2, 0) is 13.0 Å². The Morgan fingerprint density at radius 3 is 2.68 bits per heavy atom. The minimum absolute atomic E-state index is 0.118. The van der Waals surface area contributed by atoms with Gasteiger partial charge in [0.05, 0.1) is 20.3 Å². The van der Waals surface area contributed by atoms with E-state index in [0.717, 1.165) is 34.6 Å². The van der Waals surface area contributed by atoms with Crippen molar-refractivity contribution in [3.63, 3.8) is 0 Å². The van der Waals surface area contributed by atoms with Crippen molar-refractivity contribution >= 4 is 17.8 Å². The Kier molecular flexibility index (Phi) is 5.35. The largest absolute Gasteiger partial charge is 0.493 e. The van der Waals surface area contributed by atoms with Crippen molar-refractivity contribution in [2.75, 3.05) is 26.5 Å². The molecule has 7 heteroatoms. The standard InChI is InChI=1S/C21H23FN2O3S/c1-26-18-9-13-5-7-24(12-14(13)10-19(18)27-2)21(25)23-17-6-8-28-20-4-3-15(22)11-16(17)20/h3-4,9-11,17H,5-8,12H2,1-2H3,(H,23,25). The molecule has 5 nitrogen and oxygen atoms in total. The highest BCUT2D eigenvalue weighted by atomic mass is 32.2. The summed E-state index contributed by atoms with van der Waals surface area (Å²) in [5.74, 6) is 2.01. The minimum atomic E-state index is -0.270. The summed E-state index contributed by atoms with van der Waals surface area (Å²) in [5.41, 5.74) is 3.10. The normalized spacial score (nSPS) is 18.1. The number of benzene rings is 2. The molecular weight excluding hydrogens is 379 g/mol. The first kappa shape index (κ1) is 18.9. The van der Waals surface area contributed by atoms with Crippen LogP contribution < -0.4 is 14.8 Å². The van der Waals surface area contributed by atoms with Crippen molar-refractivity contribution in [1.82, 2.24) is 10.2 Å². The van der Waals surface area contributed by atoms with Crippen LogP contribution in [0.4, 0.5) is 9.18 Å². The number of thioether (sulfide) groups is 1. The van der Waals surface area contributed by atoms with Gasteiger partial charge in [0.25, 0.3) is 0 Å². The molecule has 0 aromatic heterocycles. The third kappa shape index (κ3) is 3.63. The number of hydrogen-bond donors (Lipinski definition) is 1. The number of nitrogens with one attached hydrogen (secondary N) is 1. The van der Waals surface area contributed by atoms with E-state index in [4.69, 9.17) is 9.47 Å². The summed E-state index contributed by atoms with van der Waals surface area (Å²) in [7, 11) is 3.23. The topological polar surface area (TPSA) is 50.8 Å². The van der Waals surface area contributed by atoms with E-state index in [1.54, 1.807) is 36.9 Å². The second-order valence-electron chi connectivity index (χ2n) is 6.97. The van der Waals surface area contributed by atoms with E-state index in [1.165, 1.54) is 17.7 Å². The molecule has 28 heavy (non-hydrogen) atoms. The number of ether oxygens (including phenoxy) is 2. The summed E-state index contributed by atoms with van der Waals surface area (Å²) >= 11 is 1.70. The molecule has 2 aliphatic rings. The summed E-state index contributed by atoms with van der Waals surface area (Å²) in [6.45, 7) is 1.14. The first-order valence-corrected chi connectivity index (χ1v) is 10.3. The molecule has 0 bridgehead atoms. The van der Waals surface area contributed by atoms with E-state index < -0.39 is 0 Å². The van der Waals surface area contributed by atoms with E-state index in [-0.39, 0.29) is 17.9 Å². The molecule has 2 aromatic carbocycles. The highest BCUT2D eigenvalue weighted by Crippen LogP contribution is 2.37. The number of carbonyl (C=O) groups is 1. The third-order valence-electron chi connectivity index (χ3n) is 5.31. The van der Waals surface area contributed by atoms with Gasteiger partial charge in [0.1, 0.15) is 5.82 Å². The molecule has 4 rings (SSSR count). The summed E-state index contributed by atoms with van der Waals surface area (Å²) < 4.78 is 24.5. The molecule has 1 atom stereocenters. The molecule has 1 N–H and O–H groups in total. The van der Waals surface area contributed by atoms with Crippen molar-refractivity contribution in [2.24, 2.45) is 0 Å². The van der Waals surface area contributed by atoms with Gasteiger partial charge in [0, 0.05) is 23.7 Å². The smallest absolute Gasteiger partial charge is 0.318 e. The Hall–Kier alpha value is -2.41. The van der Waals surface area contributed by atoms with Crippen LogP contribution in [0.15, 0.2) is 35.2 Å². The molecule has 0 radical (unpaired) electrons. The minimum Gasteiger partial charge on any atom is -0.493 e. The van der Waals surface area contributed by atoms with E-state index in [0.29, 0.717) is 24.6 Å². The average molecular weight is 402 g/mol. The number of methoxy groups -OCH3 is 2. The Labute approximate surface area is 168 Å². The number of amides is 2. The molecule has 2 heterocycles. The zero-order chi connectivity index (χ0) is 19.7. The fourth-order valence-corrected chi connectivity index (χ4v) is 4.92. The zero-order valence-electron chi connectivity index (χ0n) is 16.0. The zero-order valence-corrected chi connectivity index (χ0v) is 16.8. The van der Waals surface area contributed by atoms with Crippen LogP contribution in [0.3, 0.4) is 0 Å². The number of hydrogen-bond acceptors (Lipinski definition) is 4. The maximum absolute atomic E-state index is 13.7. The van der Waals surface area contributed by atoms with Gasteiger partial charge in [0.15, 0.2) is 11.5 Å². The van der Waals surface area contributed by atoms with E-state index >= 15 is 0 Å². The van der Waals surface area contributed by atoms with Crippen LogP contribution in [-0.4, -0.2) is 37.4 Å². The van der Waals surface area contributed by atoms with E-state index in [1.807, 2.05) is 12.1 Å². The van der Waals surface area contributed by atoms with Crippen molar-refractivity contribution in [1.29, 1.82) is 0 Å². The lowest BCUT2D eigenvalue weighted by Crippen LogP contribution is -2.44. The molecule has 148 valence electrons. The molecule has 2 aliphatic heterocycles. The average Bonchev–Trinajstić information content (AvgIpc) is 2.72. The highest BCUT2D eigenvalue weighted by molar-refractivity contribution is 7.99. The van der Waals surface area contributed by atoms with Gasteiger partial charge in [0.2, 0.25) is 0 Å². The van der Waals surface area contributed by atoms with Crippen molar-refractivity contribution < 1.29 is 18.7 Å². The van der Waals surface area contributed by atoms with E-state index in [9.17, 15) is 9.18 Å². The number of nitrogens with zero attached hydrogens (tertiary/aromatic N) is 1. The Balaban J connectivity index is 1.50. The van der Waals surface area contributed by atoms with Crippen LogP contribution >= 0.6 is 11.8 Å². The lowest BCUT2D eigenvalue weighted by Gasteiger charge is -2.33. The van der Waals surface area contributed by atoms with Gasteiger partial charge in [-0.15, -0.1) is 11.8 Å². The van der Waals surface area contributed by atoms with Crippen LogP contribution in [0.25, 0.3) is 0 Å². The van der Waals surface area contributed by atoms with Gasteiger partial charge in [-0.2, -0.15) is 0 Å². The van der Waals surface area contributed by atoms with Crippen LogP contribution in [0.5, 0.6) is 11.5 Å². The first-order chi connectivity index (χ1) is 13.6. The third-order valence-corrected chi connectivity index (χ3v) is 6.44. The predicted molar refractivity (Wildman–Crippen MR) is 107 cm³/mol. The Morgan fingerprint density at radius 2 is 1.93 bits per heavy atom. The van der Waals surface area contributed by atoms with Gasteiger partial charge in [-0.05, 0) is 59.9 Å². The fourth-order valence-electron chi connectivity index (χ4n) is 3.81. The number of halogens is 1. The Bertz CT molecular complexity index is 905. The summed E-state index contributed by atoms with van der Waals surface area (Å²) in [4.78, 5) is 15.7. The van der Waals surface area contributed by atoms with Gasteiger partial charge in [-0.1, -0.05) is 0 Å². The second-order valence-corrected chi connectivity index (χ2v) is 8.11. The molecule has 1 unspecified atom stereocenters. The number of urea groups is 1. The maximum atomic E-state index is 13.7. The van der Waals surface area contributed by atoms with E-state index in [2.05, 4.69) is 5.32 Å². The Morgan fingerprint density at radius 1 is 1.18 bits per heavy atom. The quantitative estimate of drug-likeness (QED) is 0.838. The maximum Gasteiger partial charge on any atom is 0.318 e. The molecule has 0 spiro atoms. The van der Waals surface area contributed by atoms with Gasteiger partial charge in [-0.25, -0.2) is 9.18 Å². The molecule has 2 aromatic rings. The number of rotatable bonds is 3. The molecule has 0 aliphatic carbocycles. The first-order valence-electron chi connectivity index (χ1n) is 9.30. The SMILES string of the molecule is COc1cc2c(cc1OC)CN(C(=O)NC1CCSc3ccc(F)cc31)CC2. The molecule has 0 saturated heterocycles. The van der Waals surface area contributed by atoms with Crippen molar-refractivity contribution in [3.05, 3.63) is 52.8 Å². The van der Waals surface area contributed by atoms with Crippen LogP contribution in [0, 0.1) is 5.82 Å². The monoisotopic (exact) mass is 402 g/mol. The van der Waals surface area contributed by atoms with Crippen LogP contribution in [0.2, 0.25) is 0 Å². The summed E-state index contributed by atoms with van der Waals surface area (Å²) in [6.07, 6.45) is 1.55. The molecule has 0 saturated carbocycles. The van der Waals surface area contributed by atoms with Gasteiger partial charge >= 0.3 is 6.03 Å².